The van der Waals surface area contributed by atoms with Crippen LogP contribution in [0.25, 0.3) is 0 Å². The molecular formula is C22H25FN2O3. The van der Waals surface area contributed by atoms with E-state index in [9.17, 15) is 14.0 Å². The fraction of sp³-hybridized carbons (Fsp3) is 0.364. The van der Waals surface area contributed by atoms with Gasteiger partial charge >= 0.3 is 0 Å². The molecule has 1 aliphatic rings. The van der Waals surface area contributed by atoms with Crippen LogP contribution in [-0.4, -0.2) is 43.5 Å². The second kappa shape index (κ2) is 8.52. The molecule has 3 rings (SSSR count). The zero-order valence-corrected chi connectivity index (χ0v) is 16.2. The van der Waals surface area contributed by atoms with Gasteiger partial charge in [-0.15, -0.1) is 0 Å². The van der Waals surface area contributed by atoms with Crippen molar-refractivity contribution < 1.29 is 18.7 Å². The first kappa shape index (κ1) is 20.0. The van der Waals surface area contributed by atoms with Crippen molar-refractivity contribution in [1.29, 1.82) is 0 Å². The van der Waals surface area contributed by atoms with Crippen LogP contribution in [0.4, 0.5) is 10.1 Å². The van der Waals surface area contributed by atoms with Crippen LogP contribution in [0.15, 0.2) is 48.5 Å². The Kier molecular flexibility index (Phi) is 6.09. The molecule has 0 aromatic heterocycles. The molecule has 1 heterocycles. The van der Waals surface area contributed by atoms with Crippen molar-refractivity contribution >= 4 is 17.5 Å². The highest BCUT2D eigenvalue weighted by atomic mass is 19.1. The fourth-order valence-electron chi connectivity index (χ4n) is 3.60. The van der Waals surface area contributed by atoms with E-state index in [2.05, 4.69) is 5.32 Å². The number of rotatable bonds is 5. The summed E-state index contributed by atoms with van der Waals surface area (Å²) in [4.78, 5) is 27.2. The molecule has 1 N–H and O–H groups in total. The van der Waals surface area contributed by atoms with E-state index in [1.54, 1.807) is 19.2 Å². The molecule has 0 unspecified atom stereocenters. The minimum Gasteiger partial charge on any atom is -0.381 e. The number of nitrogens with zero attached hydrogens (tertiary/aromatic N) is 1. The normalized spacial score (nSPS) is 15.7. The van der Waals surface area contributed by atoms with E-state index in [1.807, 2.05) is 31.2 Å². The highest BCUT2D eigenvalue weighted by Gasteiger charge is 2.43. The summed E-state index contributed by atoms with van der Waals surface area (Å²) in [5, 5.41) is 2.81. The number of likely N-dealkylation sites (N-methyl/N-ethyl adjacent to an activating group) is 1. The highest BCUT2D eigenvalue weighted by Crippen LogP contribution is 2.36. The van der Waals surface area contributed by atoms with Crippen LogP contribution in [0.2, 0.25) is 0 Å². The van der Waals surface area contributed by atoms with Crippen molar-refractivity contribution in [2.45, 2.75) is 25.2 Å². The molecule has 0 spiro atoms. The van der Waals surface area contributed by atoms with Gasteiger partial charge in [-0.3, -0.25) is 9.59 Å². The summed E-state index contributed by atoms with van der Waals surface area (Å²) in [6.45, 7) is 2.82. The number of anilines is 1. The lowest BCUT2D eigenvalue weighted by atomic mass is 9.73. The van der Waals surface area contributed by atoms with E-state index < -0.39 is 5.41 Å². The van der Waals surface area contributed by atoms with Gasteiger partial charge in [0.1, 0.15) is 5.82 Å². The Bertz CT molecular complexity index is 828. The summed E-state index contributed by atoms with van der Waals surface area (Å²) < 4.78 is 18.8. The van der Waals surface area contributed by atoms with Crippen LogP contribution < -0.4 is 5.32 Å². The lowest BCUT2D eigenvalue weighted by molar-refractivity contribution is -0.142. The molecule has 0 bridgehead atoms. The molecule has 1 saturated heterocycles. The van der Waals surface area contributed by atoms with Crippen LogP contribution in [-0.2, 0) is 19.7 Å². The van der Waals surface area contributed by atoms with Crippen molar-refractivity contribution in [2.24, 2.45) is 0 Å². The Labute approximate surface area is 164 Å². The molecule has 0 aliphatic carbocycles. The van der Waals surface area contributed by atoms with Crippen LogP contribution in [0, 0.1) is 12.7 Å². The summed E-state index contributed by atoms with van der Waals surface area (Å²) in [6.07, 6.45) is 1.00. The Morgan fingerprint density at radius 1 is 1.07 bits per heavy atom. The number of ether oxygens (including phenoxy) is 1. The van der Waals surface area contributed by atoms with Crippen molar-refractivity contribution in [3.63, 3.8) is 0 Å². The molecule has 0 atom stereocenters. The molecule has 2 aromatic rings. The quantitative estimate of drug-likeness (QED) is 0.861. The molecule has 2 amide bonds. The Morgan fingerprint density at radius 2 is 1.68 bits per heavy atom. The zero-order valence-electron chi connectivity index (χ0n) is 16.2. The standard InChI is InChI=1S/C22H25FN2O3/c1-16-3-9-19(10-4-16)24-20(26)15-25(2)21(27)22(11-13-28-14-12-22)17-5-7-18(23)8-6-17/h3-10H,11-15H2,1-2H3,(H,24,26). The van der Waals surface area contributed by atoms with Gasteiger partial charge in [-0.1, -0.05) is 29.8 Å². The predicted octanol–water partition coefficient (Wildman–Crippen LogP) is 3.28. The second-order valence-electron chi connectivity index (χ2n) is 7.28. The molecule has 5 nitrogen and oxygen atoms in total. The molecule has 28 heavy (non-hydrogen) atoms. The third kappa shape index (κ3) is 4.39. The topological polar surface area (TPSA) is 58.6 Å². The van der Waals surface area contributed by atoms with Crippen LogP contribution in [0.5, 0.6) is 0 Å². The summed E-state index contributed by atoms with van der Waals surface area (Å²) in [6, 6.07) is 13.5. The van der Waals surface area contributed by atoms with Gasteiger partial charge < -0.3 is 15.0 Å². The average molecular weight is 384 g/mol. The van der Waals surface area contributed by atoms with E-state index in [1.165, 1.54) is 17.0 Å². The van der Waals surface area contributed by atoms with Crippen LogP contribution in [0.3, 0.4) is 0 Å². The number of aryl methyl sites for hydroxylation is 1. The number of amides is 2. The first-order chi connectivity index (χ1) is 13.4. The first-order valence-electron chi connectivity index (χ1n) is 9.37. The highest BCUT2D eigenvalue weighted by molar-refractivity contribution is 5.96. The Balaban J connectivity index is 1.73. The predicted molar refractivity (Wildman–Crippen MR) is 106 cm³/mol. The van der Waals surface area contributed by atoms with E-state index in [0.717, 1.165) is 11.1 Å². The number of carbonyl (C=O) groups is 2. The minimum atomic E-state index is -0.801. The maximum Gasteiger partial charge on any atom is 0.243 e. The number of benzene rings is 2. The summed E-state index contributed by atoms with van der Waals surface area (Å²) in [7, 11) is 1.62. The Morgan fingerprint density at radius 3 is 2.29 bits per heavy atom. The number of nitrogens with one attached hydrogen (secondary N) is 1. The first-order valence-corrected chi connectivity index (χ1v) is 9.37. The number of carbonyl (C=O) groups excluding carboxylic acids is 2. The summed E-state index contributed by atoms with van der Waals surface area (Å²) >= 11 is 0. The third-order valence-corrected chi connectivity index (χ3v) is 5.22. The molecule has 2 aromatic carbocycles. The lowest BCUT2D eigenvalue weighted by Crippen LogP contribution is -2.50. The monoisotopic (exact) mass is 384 g/mol. The summed E-state index contributed by atoms with van der Waals surface area (Å²) in [5.41, 5.74) is 1.75. The van der Waals surface area contributed by atoms with Crippen molar-refractivity contribution in [3.05, 3.63) is 65.5 Å². The number of hydrogen-bond donors (Lipinski definition) is 1. The minimum absolute atomic E-state index is 0.0590. The van der Waals surface area contributed by atoms with Gasteiger partial charge in [0.2, 0.25) is 11.8 Å². The fourth-order valence-corrected chi connectivity index (χ4v) is 3.60. The molecule has 148 valence electrons. The van der Waals surface area contributed by atoms with Crippen molar-refractivity contribution in [2.75, 3.05) is 32.1 Å². The van der Waals surface area contributed by atoms with Gasteiger partial charge in [0.05, 0.1) is 12.0 Å². The Hall–Kier alpha value is -2.73. The van der Waals surface area contributed by atoms with Gasteiger partial charge in [-0.05, 0) is 49.6 Å². The van der Waals surface area contributed by atoms with E-state index in [0.29, 0.717) is 31.7 Å². The van der Waals surface area contributed by atoms with Crippen molar-refractivity contribution in [3.8, 4) is 0 Å². The van der Waals surface area contributed by atoms with Crippen LogP contribution >= 0.6 is 0 Å². The maximum atomic E-state index is 13.4. The molecule has 0 radical (unpaired) electrons. The molecular weight excluding hydrogens is 359 g/mol. The molecule has 1 aliphatic heterocycles. The van der Waals surface area contributed by atoms with E-state index >= 15 is 0 Å². The zero-order chi connectivity index (χ0) is 20.1. The number of halogens is 1. The van der Waals surface area contributed by atoms with Gasteiger partial charge in [0.15, 0.2) is 0 Å². The van der Waals surface area contributed by atoms with E-state index in [4.69, 9.17) is 4.74 Å². The maximum absolute atomic E-state index is 13.4. The van der Waals surface area contributed by atoms with Crippen LogP contribution in [0.1, 0.15) is 24.0 Å². The lowest BCUT2D eigenvalue weighted by Gasteiger charge is -2.39. The van der Waals surface area contributed by atoms with Crippen molar-refractivity contribution in [1.82, 2.24) is 4.90 Å². The molecule has 1 fully saturated rings. The largest absolute Gasteiger partial charge is 0.381 e. The van der Waals surface area contributed by atoms with Gasteiger partial charge in [0.25, 0.3) is 0 Å². The summed E-state index contributed by atoms with van der Waals surface area (Å²) in [5.74, 6) is -0.758. The smallest absolute Gasteiger partial charge is 0.243 e. The average Bonchev–Trinajstić information content (AvgIpc) is 2.70. The van der Waals surface area contributed by atoms with E-state index in [-0.39, 0.29) is 24.2 Å². The molecule has 0 saturated carbocycles. The van der Waals surface area contributed by atoms with Gasteiger partial charge in [-0.2, -0.15) is 0 Å². The van der Waals surface area contributed by atoms with Gasteiger partial charge in [-0.25, -0.2) is 4.39 Å². The number of hydrogen-bond acceptors (Lipinski definition) is 3. The SMILES string of the molecule is Cc1ccc(NC(=O)CN(C)C(=O)C2(c3ccc(F)cc3)CCOCC2)cc1. The third-order valence-electron chi connectivity index (χ3n) is 5.22. The molecule has 6 heteroatoms. The van der Waals surface area contributed by atoms with Gasteiger partial charge in [0, 0.05) is 25.9 Å². The second-order valence-corrected chi connectivity index (χ2v) is 7.28.